The van der Waals surface area contributed by atoms with E-state index in [0.717, 1.165) is 37.7 Å². The molecule has 0 bridgehead atoms. The molecule has 0 amide bonds. The minimum atomic E-state index is 0.549. The zero-order valence-electron chi connectivity index (χ0n) is 10.7. The minimum absolute atomic E-state index is 0.549. The molecule has 0 spiro atoms. The van der Waals surface area contributed by atoms with E-state index in [9.17, 15) is 0 Å². The van der Waals surface area contributed by atoms with Crippen LogP contribution >= 0.6 is 0 Å². The van der Waals surface area contributed by atoms with Crippen molar-refractivity contribution in [3.8, 4) is 0 Å². The second-order valence-electron chi connectivity index (χ2n) is 5.53. The summed E-state index contributed by atoms with van der Waals surface area (Å²) >= 11 is 0. The molecule has 4 nitrogen and oxygen atoms in total. The van der Waals surface area contributed by atoms with Crippen LogP contribution in [0.2, 0.25) is 0 Å². The first kappa shape index (κ1) is 11.2. The van der Waals surface area contributed by atoms with Gasteiger partial charge in [-0.15, -0.1) is 0 Å². The molecule has 94 valence electrons. The van der Waals surface area contributed by atoms with Crippen LogP contribution in [0.25, 0.3) is 0 Å². The number of hydrogen-bond acceptors (Lipinski definition) is 3. The maximum Gasteiger partial charge on any atom is 0.151 e. The number of nitrogens with zero attached hydrogens (tertiary/aromatic N) is 3. The Morgan fingerprint density at radius 1 is 1.29 bits per heavy atom. The van der Waals surface area contributed by atoms with Crippen molar-refractivity contribution in [3.05, 3.63) is 11.6 Å². The fourth-order valence-corrected chi connectivity index (χ4v) is 3.04. The molecule has 0 aliphatic carbocycles. The van der Waals surface area contributed by atoms with Crippen LogP contribution in [0, 0.1) is 5.92 Å². The zero-order chi connectivity index (χ0) is 11.7. The van der Waals surface area contributed by atoms with Gasteiger partial charge in [-0.2, -0.15) is 5.10 Å². The Balaban J connectivity index is 1.71. The highest BCUT2D eigenvalue weighted by Crippen LogP contribution is 2.23. The standard InChI is InChI=1S/C13H22N4/c1-10-3-2-4-13-15-12(16-17(10)13)9-11-5-7-14-8-6-11/h10-11,14H,2-9H2,1H3. The Labute approximate surface area is 103 Å². The lowest BCUT2D eigenvalue weighted by Crippen LogP contribution is -2.28. The van der Waals surface area contributed by atoms with Crippen LogP contribution in [0.1, 0.15) is 50.3 Å². The van der Waals surface area contributed by atoms with Crippen molar-refractivity contribution in [1.82, 2.24) is 20.1 Å². The molecule has 1 atom stereocenters. The first-order valence-corrected chi connectivity index (χ1v) is 6.98. The van der Waals surface area contributed by atoms with E-state index in [1.165, 1.54) is 31.5 Å². The fourth-order valence-electron chi connectivity index (χ4n) is 3.04. The lowest BCUT2D eigenvalue weighted by Gasteiger charge is -2.21. The van der Waals surface area contributed by atoms with Crippen molar-refractivity contribution in [2.75, 3.05) is 13.1 Å². The summed E-state index contributed by atoms with van der Waals surface area (Å²) in [7, 11) is 0. The topological polar surface area (TPSA) is 42.7 Å². The molecule has 0 saturated carbocycles. The largest absolute Gasteiger partial charge is 0.317 e. The summed E-state index contributed by atoms with van der Waals surface area (Å²) in [6, 6.07) is 0.549. The van der Waals surface area contributed by atoms with E-state index in [4.69, 9.17) is 10.1 Å². The number of rotatable bonds is 2. The van der Waals surface area contributed by atoms with Gasteiger partial charge in [-0.1, -0.05) is 0 Å². The summed E-state index contributed by atoms with van der Waals surface area (Å²) in [6.45, 7) is 4.58. The second-order valence-corrected chi connectivity index (χ2v) is 5.53. The maximum absolute atomic E-state index is 4.73. The average Bonchev–Trinajstić information content (AvgIpc) is 2.74. The number of piperidine rings is 1. The number of fused-ring (bicyclic) bond motifs is 1. The summed E-state index contributed by atoms with van der Waals surface area (Å²) in [4.78, 5) is 4.73. The van der Waals surface area contributed by atoms with E-state index in [0.29, 0.717) is 6.04 Å². The van der Waals surface area contributed by atoms with Gasteiger partial charge in [-0.05, 0) is 51.6 Å². The molecule has 1 saturated heterocycles. The number of aromatic nitrogens is 3. The number of hydrogen-bond donors (Lipinski definition) is 1. The van der Waals surface area contributed by atoms with Crippen molar-refractivity contribution >= 4 is 0 Å². The van der Waals surface area contributed by atoms with Crippen LogP contribution in [0.4, 0.5) is 0 Å². The molecule has 1 unspecified atom stereocenters. The lowest BCUT2D eigenvalue weighted by molar-refractivity contribution is 0.362. The summed E-state index contributed by atoms with van der Waals surface area (Å²) in [5, 5.41) is 8.12. The minimum Gasteiger partial charge on any atom is -0.317 e. The van der Waals surface area contributed by atoms with Crippen molar-refractivity contribution in [2.24, 2.45) is 5.92 Å². The lowest BCUT2D eigenvalue weighted by atomic mass is 9.94. The average molecular weight is 234 g/mol. The molecule has 1 N–H and O–H groups in total. The van der Waals surface area contributed by atoms with Gasteiger partial charge >= 0.3 is 0 Å². The molecule has 3 heterocycles. The van der Waals surface area contributed by atoms with Crippen molar-refractivity contribution in [1.29, 1.82) is 0 Å². The van der Waals surface area contributed by atoms with Gasteiger partial charge in [0.1, 0.15) is 5.82 Å². The van der Waals surface area contributed by atoms with E-state index in [-0.39, 0.29) is 0 Å². The predicted octanol–water partition coefficient (Wildman–Crippen LogP) is 1.72. The molecule has 1 fully saturated rings. The van der Waals surface area contributed by atoms with E-state index in [1.54, 1.807) is 0 Å². The molecule has 3 rings (SSSR count). The second kappa shape index (κ2) is 4.77. The van der Waals surface area contributed by atoms with Gasteiger partial charge in [-0.25, -0.2) is 9.67 Å². The predicted molar refractivity (Wildman–Crippen MR) is 67.0 cm³/mol. The van der Waals surface area contributed by atoms with E-state index >= 15 is 0 Å². The summed E-state index contributed by atoms with van der Waals surface area (Å²) in [5.41, 5.74) is 0. The Morgan fingerprint density at radius 3 is 2.88 bits per heavy atom. The van der Waals surface area contributed by atoms with E-state index < -0.39 is 0 Å². The highest BCUT2D eigenvalue weighted by atomic mass is 15.4. The third-order valence-corrected chi connectivity index (χ3v) is 4.12. The van der Waals surface area contributed by atoms with Crippen LogP contribution in [0.15, 0.2) is 0 Å². The Hall–Kier alpha value is -0.900. The summed E-state index contributed by atoms with van der Waals surface area (Å²) < 4.78 is 2.17. The van der Waals surface area contributed by atoms with Crippen LogP contribution in [-0.4, -0.2) is 27.9 Å². The molecule has 0 aromatic carbocycles. The summed E-state index contributed by atoms with van der Waals surface area (Å²) in [5.74, 6) is 3.09. The van der Waals surface area contributed by atoms with Crippen molar-refractivity contribution in [2.45, 2.75) is 51.5 Å². The first-order chi connectivity index (χ1) is 8.33. The van der Waals surface area contributed by atoms with Gasteiger partial charge < -0.3 is 5.32 Å². The normalized spacial score (nSPS) is 25.8. The molecule has 1 aromatic heterocycles. The molecule has 2 aliphatic rings. The Bertz CT molecular complexity index is 379. The summed E-state index contributed by atoms with van der Waals surface area (Å²) in [6.07, 6.45) is 7.27. The van der Waals surface area contributed by atoms with Crippen molar-refractivity contribution in [3.63, 3.8) is 0 Å². The molecule has 0 radical (unpaired) electrons. The molecule has 1 aromatic rings. The van der Waals surface area contributed by atoms with Crippen LogP contribution in [-0.2, 0) is 12.8 Å². The smallest absolute Gasteiger partial charge is 0.151 e. The molecule has 17 heavy (non-hydrogen) atoms. The monoisotopic (exact) mass is 234 g/mol. The van der Waals surface area contributed by atoms with Gasteiger partial charge in [0.2, 0.25) is 0 Å². The molecule has 2 aliphatic heterocycles. The van der Waals surface area contributed by atoms with Crippen LogP contribution in [0.3, 0.4) is 0 Å². The van der Waals surface area contributed by atoms with E-state index in [1.807, 2.05) is 0 Å². The van der Waals surface area contributed by atoms with Gasteiger partial charge in [0, 0.05) is 12.8 Å². The van der Waals surface area contributed by atoms with Crippen molar-refractivity contribution < 1.29 is 0 Å². The van der Waals surface area contributed by atoms with Gasteiger partial charge in [0.15, 0.2) is 5.82 Å². The Kier molecular flexibility index (Phi) is 3.14. The fraction of sp³-hybridized carbons (Fsp3) is 0.846. The van der Waals surface area contributed by atoms with Gasteiger partial charge in [0.05, 0.1) is 6.04 Å². The quantitative estimate of drug-likeness (QED) is 0.847. The number of aryl methyl sites for hydroxylation is 1. The SMILES string of the molecule is CC1CCCc2nc(CC3CCNCC3)nn21. The van der Waals surface area contributed by atoms with Crippen LogP contribution in [0.5, 0.6) is 0 Å². The number of nitrogens with one attached hydrogen (secondary N) is 1. The van der Waals surface area contributed by atoms with E-state index in [2.05, 4.69) is 16.9 Å². The maximum atomic E-state index is 4.73. The molecular formula is C13H22N4. The van der Waals surface area contributed by atoms with Gasteiger partial charge in [-0.3, -0.25) is 0 Å². The highest BCUT2D eigenvalue weighted by molar-refractivity contribution is 4.99. The first-order valence-electron chi connectivity index (χ1n) is 6.98. The Morgan fingerprint density at radius 2 is 2.12 bits per heavy atom. The molecular weight excluding hydrogens is 212 g/mol. The zero-order valence-corrected chi connectivity index (χ0v) is 10.7. The molecule has 4 heteroatoms. The van der Waals surface area contributed by atoms with Gasteiger partial charge in [0.25, 0.3) is 0 Å². The highest BCUT2D eigenvalue weighted by Gasteiger charge is 2.21. The third kappa shape index (κ3) is 2.37. The third-order valence-electron chi connectivity index (χ3n) is 4.12. The van der Waals surface area contributed by atoms with Crippen LogP contribution < -0.4 is 5.32 Å².